The standard InChI is InChI=1S/C20H24N2O6S/c1-3-9-21(10-4-2)17(23)12-22-19(26)16(29-20(22)27)11-14-7-5-6-8-15(14)28-13-18(24)25/h5-8,11H,3-4,9-10,12-13H2,1-2H3,(H,24,25)/b16-11-. The van der Waals surface area contributed by atoms with Crippen LogP contribution in [0.4, 0.5) is 4.79 Å². The van der Waals surface area contributed by atoms with Crippen molar-refractivity contribution in [3.05, 3.63) is 34.7 Å². The van der Waals surface area contributed by atoms with Gasteiger partial charge in [0, 0.05) is 18.7 Å². The quantitative estimate of drug-likeness (QED) is 0.580. The normalized spacial score (nSPS) is 15.1. The number of ether oxygens (including phenoxy) is 1. The highest BCUT2D eigenvalue weighted by molar-refractivity contribution is 8.18. The third-order valence-electron chi connectivity index (χ3n) is 4.06. The molecule has 3 amide bonds. The van der Waals surface area contributed by atoms with E-state index in [1.165, 1.54) is 6.08 Å². The summed E-state index contributed by atoms with van der Waals surface area (Å²) in [6.07, 6.45) is 3.06. The Morgan fingerprint density at radius 3 is 2.45 bits per heavy atom. The number of thioether (sulfide) groups is 1. The van der Waals surface area contributed by atoms with Crippen molar-refractivity contribution in [1.82, 2.24) is 9.80 Å². The number of benzene rings is 1. The predicted molar refractivity (Wildman–Crippen MR) is 109 cm³/mol. The Bertz CT molecular complexity index is 817. The second-order valence-corrected chi connectivity index (χ2v) is 7.36. The lowest BCUT2D eigenvalue weighted by Crippen LogP contribution is -2.42. The number of hydrogen-bond donors (Lipinski definition) is 1. The molecule has 0 saturated carbocycles. The van der Waals surface area contributed by atoms with Crippen molar-refractivity contribution in [2.45, 2.75) is 26.7 Å². The van der Waals surface area contributed by atoms with E-state index in [4.69, 9.17) is 9.84 Å². The number of carbonyl (C=O) groups excluding carboxylic acids is 3. The first-order valence-corrected chi connectivity index (χ1v) is 10.2. The van der Waals surface area contributed by atoms with Gasteiger partial charge in [-0.3, -0.25) is 19.3 Å². The summed E-state index contributed by atoms with van der Waals surface area (Å²) < 4.78 is 5.22. The smallest absolute Gasteiger partial charge is 0.341 e. The van der Waals surface area contributed by atoms with Gasteiger partial charge in [-0.1, -0.05) is 32.0 Å². The summed E-state index contributed by atoms with van der Waals surface area (Å²) in [5.74, 6) is -1.64. The van der Waals surface area contributed by atoms with Crippen LogP contribution in [0.1, 0.15) is 32.3 Å². The van der Waals surface area contributed by atoms with Gasteiger partial charge in [-0.2, -0.15) is 0 Å². The van der Waals surface area contributed by atoms with Crippen LogP contribution < -0.4 is 4.74 Å². The van der Waals surface area contributed by atoms with Gasteiger partial charge >= 0.3 is 5.97 Å². The minimum absolute atomic E-state index is 0.159. The first-order valence-electron chi connectivity index (χ1n) is 9.34. The molecule has 0 bridgehead atoms. The lowest BCUT2D eigenvalue weighted by molar-refractivity contribution is -0.139. The molecule has 2 rings (SSSR count). The summed E-state index contributed by atoms with van der Waals surface area (Å²) in [6.45, 7) is 4.26. The van der Waals surface area contributed by atoms with Gasteiger partial charge < -0.3 is 14.7 Å². The van der Waals surface area contributed by atoms with E-state index < -0.39 is 23.7 Å². The average Bonchev–Trinajstić information content (AvgIpc) is 2.94. The Morgan fingerprint density at radius 1 is 1.17 bits per heavy atom. The molecule has 1 N–H and O–H groups in total. The van der Waals surface area contributed by atoms with Crippen LogP contribution in [0.2, 0.25) is 0 Å². The van der Waals surface area contributed by atoms with E-state index in [-0.39, 0.29) is 23.1 Å². The molecule has 156 valence electrons. The molecule has 1 fully saturated rings. The molecule has 9 heteroatoms. The summed E-state index contributed by atoms with van der Waals surface area (Å²) in [5.41, 5.74) is 0.476. The Labute approximate surface area is 173 Å². The molecule has 0 radical (unpaired) electrons. The van der Waals surface area contributed by atoms with Gasteiger partial charge in [0.05, 0.1) is 4.91 Å². The van der Waals surface area contributed by atoms with E-state index >= 15 is 0 Å². The molecule has 1 aliphatic rings. The molecular weight excluding hydrogens is 396 g/mol. The van der Waals surface area contributed by atoms with Crippen LogP contribution in [0.15, 0.2) is 29.2 Å². The Morgan fingerprint density at radius 2 is 1.83 bits per heavy atom. The van der Waals surface area contributed by atoms with E-state index in [1.54, 1.807) is 29.2 Å². The van der Waals surface area contributed by atoms with Gasteiger partial charge in [-0.25, -0.2) is 4.79 Å². The number of nitrogens with zero attached hydrogens (tertiary/aromatic N) is 2. The van der Waals surface area contributed by atoms with E-state index in [9.17, 15) is 19.2 Å². The first kappa shape index (κ1) is 22.5. The monoisotopic (exact) mass is 420 g/mol. The Kier molecular flexibility index (Phi) is 8.26. The molecular formula is C20H24N2O6S. The zero-order valence-electron chi connectivity index (χ0n) is 16.4. The van der Waals surface area contributed by atoms with Gasteiger partial charge in [-0.15, -0.1) is 0 Å². The molecule has 0 aliphatic carbocycles. The van der Waals surface area contributed by atoms with Crippen LogP contribution in [0, 0.1) is 0 Å². The number of para-hydroxylation sites is 1. The third kappa shape index (κ3) is 6.08. The van der Waals surface area contributed by atoms with Gasteiger partial charge in [0.25, 0.3) is 11.1 Å². The molecule has 0 aromatic heterocycles. The molecule has 0 unspecified atom stereocenters. The number of carboxylic acid groups (broad SMARTS) is 1. The lowest BCUT2D eigenvalue weighted by Gasteiger charge is -2.23. The SMILES string of the molecule is CCCN(CCC)C(=O)CN1C(=O)S/C(=C\c2ccccc2OCC(=O)O)C1=O. The number of carbonyl (C=O) groups is 4. The highest BCUT2D eigenvalue weighted by Gasteiger charge is 2.37. The van der Waals surface area contributed by atoms with Crippen LogP contribution >= 0.6 is 11.8 Å². The second kappa shape index (κ2) is 10.7. The fourth-order valence-corrected chi connectivity index (χ4v) is 3.61. The maximum Gasteiger partial charge on any atom is 0.341 e. The van der Waals surface area contributed by atoms with Crippen molar-refractivity contribution >= 4 is 40.9 Å². The molecule has 1 saturated heterocycles. The van der Waals surface area contributed by atoms with Crippen molar-refractivity contribution in [3.8, 4) is 5.75 Å². The van der Waals surface area contributed by atoms with Gasteiger partial charge in [-0.05, 0) is 36.7 Å². The van der Waals surface area contributed by atoms with Crippen molar-refractivity contribution < 1.29 is 29.0 Å². The van der Waals surface area contributed by atoms with E-state index in [2.05, 4.69) is 0 Å². The van der Waals surface area contributed by atoms with Crippen LogP contribution in [0.3, 0.4) is 0 Å². The number of imide groups is 1. The molecule has 0 spiro atoms. The fourth-order valence-electron chi connectivity index (χ4n) is 2.78. The minimum atomic E-state index is -1.12. The molecule has 1 aliphatic heterocycles. The molecule has 1 heterocycles. The van der Waals surface area contributed by atoms with Crippen molar-refractivity contribution in [2.75, 3.05) is 26.2 Å². The van der Waals surface area contributed by atoms with E-state index in [0.717, 1.165) is 29.5 Å². The second-order valence-electron chi connectivity index (χ2n) is 6.37. The predicted octanol–water partition coefficient (Wildman–Crippen LogP) is 2.83. The zero-order valence-corrected chi connectivity index (χ0v) is 17.2. The summed E-state index contributed by atoms with van der Waals surface area (Å²) in [6, 6.07) is 6.62. The third-order valence-corrected chi connectivity index (χ3v) is 4.97. The van der Waals surface area contributed by atoms with E-state index in [1.807, 2.05) is 13.8 Å². The van der Waals surface area contributed by atoms with Crippen molar-refractivity contribution in [2.24, 2.45) is 0 Å². The number of carboxylic acids is 1. The molecule has 8 nitrogen and oxygen atoms in total. The Balaban J connectivity index is 2.16. The summed E-state index contributed by atoms with van der Waals surface area (Å²) in [5, 5.41) is 8.27. The number of rotatable bonds is 10. The van der Waals surface area contributed by atoms with E-state index in [0.29, 0.717) is 18.7 Å². The van der Waals surface area contributed by atoms with Gasteiger partial charge in [0.1, 0.15) is 12.3 Å². The van der Waals surface area contributed by atoms with Crippen molar-refractivity contribution in [1.29, 1.82) is 0 Å². The topological polar surface area (TPSA) is 104 Å². The van der Waals surface area contributed by atoms with Crippen LogP contribution in [-0.4, -0.2) is 64.2 Å². The number of amides is 3. The van der Waals surface area contributed by atoms with Gasteiger partial charge in [0.2, 0.25) is 5.91 Å². The highest BCUT2D eigenvalue weighted by atomic mass is 32.2. The number of hydrogen-bond acceptors (Lipinski definition) is 6. The first-order chi connectivity index (χ1) is 13.9. The lowest BCUT2D eigenvalue weighted by atomic mass is 10.2. The van der Waals surface area contributed by atoms with Crippen molar-refractivity contribution in [3.63, 3.8) is 0 Å². The molecule has 1 aromatic carbocycles. The summed E-state index contributed by atoms with van der Waals surface area (Å²) in [7, 11) is 0. The average molecular weight is 420 g/mol. The maximum absolute atomic E-state index is 12.7. The molecule has 1 aromatic rings. The van der Waals surface area contributed by atoms with Gasteiger partial charge in [0.15, 0.2) is 6.61 Å². The summed E-state index contributed by atoms with van der Waals surface area (Å²) >= 11 is 0.746. The molecule has 0 atom stereocenters. The van der Waals surface area contributed by atoms with Crippen LogP contribution in [0.25, 0.3) is 6.08 Å². The Hall–Kier alpha value is -2.81. The minimum Gasteiger partial charge on any atom is -0.481 e. The molecule has 29 heavy (non-hydrogen) atoms. The zero-order chi connectivity index (χ0) is 21.4. The highest BCUT2D eigenvalue weighted by Crippen LogP contribution is 2.34. The fraction of sp³-hybridized carbons (Fsp3) is 0.400. The summed E-state index contributed by atoms with van der Waals surface area (Å²) in [4.78, 5) is 51.0. The number of aliphatic carboxylic acids is 1. The maximum atomic E-state index is 12.7. The van der Waals surface area contributed by atoms with Crippen LogP contribution in [0.5, 0.6) is 5.75 Å². The van der Waals surface area contributed by atoms with Crippen LogP contribution in [-0.2, 0) is 14.4 Å². The largest absolute Gasteiger partial charge is 0.481 e.